The molecule has 0 saturated carbocycles. The summed E-state index contributed by atoms with van der Waals surface area (Å²) in [7, 11) is -1.80. The van der Waals surface area contributed by atoms with Gasteiger partial charge in [-0.15, -0.1) is 5.54 Å². The minimum Gasteiger partial charge on any atom is -0.293 e. The van der Waals surface area contributed by atoms with Crippen LogP contribution in [0.25, 0.3) is 0 Å². The van der Waals surface area contributed by atoms with Crippen molar-refractivity contribution in [1.82, 2.24) is 0 Å². The predicted octanol–water partition coefficient (Wildman–Crippen LogP) is 6.94. The predicted molar refractivity (Wildman–Crippen MR) is 111 cm³/mol. The second-order valence-electron chi connectivity index (χ2n) is 8.99. The monoisotopic (exact) mass is 348 g/mol. The van der Waals surface area contributed by atoms with Crippen LogP contribution >= 0.6 is 0 Å². The quantitative estimate of drug-likeness (QED) is 0.211. The Balaban J connectivity index is 5.99. The van der Waals surface area contributed by atoms with Gasteiger partial charge >= 0.3 is 0 Å². The van der Waals surface area contributed by atoms with Crippen molar-refractivity contribution in [2.75, 3.05) is 0 Å². The van der Waals surface area contributed by atoms with Gasteiger partial charge in [0.2, 0.25) is 0 Å². The van der Waals surface area contributed by atoms with E-state index in [0.717, 1.165) is 24.8 Å². The fraction of sp³-hybridized carbons (Fsp3) is 0.773. The summed E-state index contributed by atoms with van der Waals surface area (Å²) in [6.07, 6.45) is 5.29. The van der Waals surface area contributed by atoms with Crippen LogP contribution in [0, 0.1) is 16.9 Å². The minimum atomic E-state index is -1.80. The van der Waals surface area contributed by atoms with E-state index < -0.39 is 8.07 Å². The van der Waals surface area contributed by atoms with Gasteiger partial charge in [0.1, 0.15) is 8.07 Å². The molecule has 0 bridgehead atoms. The maximum absolute atomic E-state index is 12.8. The topological polar surface area (TPSA) is 17.1 Å². The highest BCUT2D eigenvalue weighted by Crippen LogP contribution is 2.40. The molecule has 0 aromatic carbocycles. The highest BCUT2D eigenvalue weighted by molar-refractivity contribution is 6.90. The second-order valence-corrected chi connectivity index (χ2v) is 14.6. The van der Waals surface area contributed by atoms with Gasteiger partial charge in [0.25, 0.3) is 0 Å². The molecule has 0 spiro atoms. The fourth-order valence-electron chi connectivity index (χ4n) is 3.66. The van der Waals surface area contributed by atoms with Gasteiger partial charge in [0, 0.05) is 5.41 Å². The van der Waals surface area contributed by atoms with Gasteiger partial charge in [-0.2, -0.15) is 0 Å². The number of unbranched alkanes of at least 4 members (excludes halogenated alkanes) is 2. The minimum absolute atomic E-state index is 0.185. The maximum Gasteiger partial charge on any atom is 0.176 e. The molecule has 0 fully saturated rings. The van der Waals surface area contributed by atoms with Gasteiger partial charge in [-0.05, 0) is 23.0 Å². The third kappa shape index (κ3) is 5.92. The molecule has 0 amide bonds. The summed E-state index contributed by atoms with van der Waals surface area (Å²) in [5.74, 6) is 3.58. The highest BCUT2D eigenvalue weighted by atomic mass is 28.3. The first-order chi connectivity index (χ1) is 10.9. The van der Waals surface area contributed by atoms with E-state index >= 15 is 0 Å². The Hall–Kier alpha value is -0.813. The third-order valence-corrected chi connectivity index (χ3v) is 11.4. The van der Waals surface area contributed by atoms with E-state index in [-0.39, 0.29) is 11.2 Å². The molecule has 0 radical (unpaired) electrons. The van der Waals surface area contributed by atoms with Crippen LogP contribution in [0.2, 0.25) is 16.6 Å². The molecule has 24 heavy (non-hydrogen) atoms. The van der Waals surface area contributed by atoms with Crippen molar-refractivity contribution in [3.63, 3.8) is 0 Å². The number of ketones is 1. The number of hydrogen-bond donors (Lipinski definition) is 0. The van der Waals surface area contributed by atoms with E-state index in [4.69, 9.17) is 0 Å². The van der Waals surface area contributed by atoms with Gasteiger partial charge in [-0.25, -0.2) is 0 Å². The molecule has 138 valence electrons. The molecule has 0 aliphatic rings. The van der Waals surface area contributed by atoms with Gasteiger partial charge in [0.05, 0.1) is 5.57 Å². The van der Waals surface area contributed by atoms with Crippen molar-refractivity contribution in [3.8, 4) is 11.5 Å². The molecule has 0 N–H and O–H groups in total. The molecule has 1 nitrogen and oxygen atoms in total. The van der Waals surface area contributed by atoms with E-state index in [0.29, 0.717) is 16.6 Å². The normalized spacial score (nSPS) is 13.5. The van der Waals surface area contributed by atoms with E-state index in [1.54, 1.807) is 0 Å². The average molecular weight is 349 g/mol. The first-order valence-corrected chi connectivity index (χ1v) is 11.9. The van der Waals surface area contributed by atoms with Crippen LogP contribution < -0.4 is 0 Å². The molecule has 0 aromatic heterocycles. The molecule has 2 heteroatoms. The summed E-state index contributed by atoms with van der Waals surface area (Å²) in [4.78, 5) is 12.8. The van der Waals surface area contributed by atoms with Crippen molar-refractivity contribution >= 4 is 13.9 Å². The lowest BCUT2D eigenvalue weighted by atomic mass is 9.86. The zero-order valence-electron chi connectivity index (χ0n) is 17.8. The Kier molecular flexibility index (Phi) is 9.29. The van der Waals surface area contributed by atoms with Crippen LogP contribution in [0.1, 0.15) is 88.5 Å². The Bertz CT molecular complexity index is 471. The molecule has 0 aromatic rings. The van der Waals surface area contributed by atoms with Crippen LogP contribution in [0.15, 0.2) is 11.6 Å². The molecular weight excluding hydrogens is 308 g/mol. The average Bonchev–Trinajstić information content (AvgIpc) is 2.43. The lowest BCUT2D eigenvalue weighted by Gasteiger charge is -2.38. The first kappa shape index (κ1) is 23.2. The standard InChI is InChI=1S/C22H40OSi/c1-11-12-13-14-20(21(23)22(8,9)10)15-16-24(17(2)3,18(4)5)19(6)7/h14,17-19H,11-13H2,1-10H3/b20-14-. The van der Waals surface area contributed by atoms with Crippen molar-refractivity contribution in [2.24, 2.45) is 5.41 Å². The Morgan fingerprint density at radius 3 is 1.79 bits per heavy atom. The van der Waals surface area contributed by atoms with E-state index in [1.165, 1.54) is 0 Å². The van der Waals surface area contributed by atoms with Crippen LogP contribution in [0.3, 0.4) is 0 Å². The van der Waals surface area contributed by atoms with Gasteiger partial charge < -0.3 is 0 Å². The summed E-state index contributed by atoms with van der Waals surface area (Å²) in [5.41, 5.74) is 5.85. The zero-order chi connectivity index (χ0) is 19.1. The lowest BCUT2D eigenvalue weighted by molar-refractivity contribution is -0.122. The van der Waals surface area contributed by atoms with Gasteiger partial charge in [0.15, 0.2) is 5.78 Å². The van der Waals surface area contributed by atoms with Crippen molar-refractivity contribution in [2.45, 2.75) is 105 Å². The Morgan fingerprint density at radius 2 is 1.46 bits per heavy atom. The smallest absolute Gasteiger partial charge is 0.176 e. The van der Waals surface area contributed by atoms with Crippen LogP contribution in [-0.4, -0.2) is 13.9 Å². The molecule has 0 aliphatic carbocycles. The number of rotatable bonds is 7. The van der Waals surface area contributed by atoms with E-state index in [1.807, 2.05) is 20.8 Å². The summed E-state index contributed by atoms with van der Waals surface area (Å²) >= 11 is 0. The van der Waals surface area contributed by atoms with E-state index in [9.17, 15) is 4.79 Å². The number of carbonyl (C=O) groups is 1. The van der Waals surface area contributed by atoms with Gasteiger partial charge in [-0.3, -0.25) is 4.79 Å². The molecule has 0 atom stereocenters. The number of allylic oxidation sites excluding steroid dienone is 2. The van der Waals surface area contributed by atoms with Gasteiger partial charge in [-0.1, -0.05) is 94.1 Å². The summed E-state index contributed by atoms with van der Waals surface area (Å²) in [5, 5.41) is 0. The molecular formula is C22H40OSi. The lowest BCUT2D eigenvalue weighted by Crippen LogP contribution is -2.43. The fourth-order valence-corrected chi connectivity index (χ4v) is 8.88. The molecule has 0 heterocycles. The molecule has 0 aliphatic heterocycles. The number of Topliss-reactive ketones (excluding diaryl/α,β-unsaturated/α-hetero) is 1. The highest BCUT2D eigenvalue weighted by Gasteiger charge is 2.41. The second kappa shape index (κ2) is 9.61. The van der Waals surface area contributed by atoms with Crippen LogP contribution in [0.4, 0.5) is 0 Å². The van der Waals surface area contributed by atoms with Crippen molar-refractivity contribution < 1.29 is 4.79 Å². The molecule has 0 saturated heterocycles. The molecule has 0 rings (SSSR count). The first-order valence-electron chi connectivity index (χ1n) is 9.69. The van der Waals surface area contributed by atoms with Crippen molar-refractivity contribution in [1.29, 1.82) is 0 Å². The zero-order valence-corrected chi connectivity index (χ0v) is 18.8. The summed E-state index contributed by atoms with van der Waals surface area (Å²) < 4.78 is 0. The van der Waals surface area contributed by atoms with Crippen molar-refractivity contribution in [3.05, 3.63) is 11.6 Å². The number of carbonyl (C=O) groups excluding carboxylic acids is 1. The van der Waals surface area contributed by atoms with Crippen LogP contribution in [0.5, 0.6) is 0 Å². The summed E-state index contributed by atoms with van der Waals surface area (Å²) in [6, 6.07) is 0. The SMILES string of the molecule is CCCC/C=C(/C#C[Si](C(C)C)(C(C)C)C(C)C)C(=O)C(C)(C)C. The number of hydrogen-bond acceptors (Lipinski definition) is 1. The summed E-state index contributed by atoms with van der Waals surface area (Å²) in [6.45, 7) is 22.0. The molecule has 0 unspecified atom stereocenters. The largest absolute Gasteiger partial charge is 0.293 e. The van der Waals surface area contributed by atoms with Crippen LogP contribution in [-0.2, 0) is 4.79 Å². The third-order valence-electron chi connectivity index (χ3n) is 5.11. The Labute approximate surface area is 152 Å². The maximum atomic E-state index is 12.8. The van der Waals surface area contributed by atoms with E-state index in [2.05, 4.69) is 66.0 Å². The Morgan fingerprint density at radius 1 is 1.00 bits per heavy atom.